The van der Waals surface area contributed by atoms with Gasteiger partial charge in [0.15, 0.2) is 6.61 Å². The molecule has 1 aliphatic heterocycles. The van der Waals surface area contributed by atoms with Crippen molar-refractivity contribution in [3.63, 3.8) is 0 Å². The van der Waals surface area contributed by atoms with E-state index in [1.54, 1.807) is 55.5 Å². The minimum Gasteiger partial charge on any atom is -0.495 e. The number of carbonyl (C=O) groups is 4. The molecule has 2 aromatic rings. The van der Waals surface area contributed by atoms with Gasteiger partial charge in [-0.3, -0.25) is 14.4 Å². The first-order chi connectivity index (χ1) is 15.4. The Balaban J connectivity index is 1.53. The van der Waals surface area contributed by atoms with E-state index in [9.17, 15) is 19.2 Å². The van der Waals surface area contributed by atoms with Crippen LogP contribution in [0.15, 0.2) is 48.5 Å². The fourth-order valence-corrected chi connectivity index (χ4v) is 3.30. The lowest BCUT2D eigenvalue weighted by atomic mass is 10.1. The molecule has 1 saturated heterocycles. The van der Waals surface area contributed by atoms with Gasteiger partial charge in [0.25, 0.3) is 5.91 Å². The first-order valence-electron chi connectivity index (χ1n) is 10.1. The van der Waals surface area contributed by atoms with Crippen LogP contribution in [0.3, 0.4) is 0 Å². The summed E-state index contributed by atoms with van der Waals surface area (Å²) in [7, 11) is 1.48. The molecule has 0 radical (unpaired) electrons. The zero-order valence-corrected chi connectivity index (χ0v) is 17.8. The Hall–Kier alpha value is -3.88. The van der Waals surface area contributed by atoms with Crippen LogP contribution in [0.2, 0.25) is 0 Å². The predicted octanol–water partition coefficient (Wildman–Crippen LogP) is 2.41. The Kier molecular flexibility index (Phi) is 7.43. The number of anilines is 2. The van der Waals surface area contributed by atoms with Crippen LogP contribution in [0.5, 0.6) is 5.75 Å². The molecule has 9 nitrogen and oxygen atoms in total. The maximum Gasteiger partial charge on any atom is 0.338 e. The van der Waals surface area contributed by atoms with Crippen LogP contribution in [-0.2, 0) is 23.9 Å². The summed E-state index contributed by atoms with van der Waals surface area (Å²) in [6.45, 7) is 1.64. The highest BCUT2D eigenvalue weighted by atomic mass is 16.5. The number of rotatable bonds is 8. The van der Waals surface area contributed by atoms with E-state index >= 15 is 0 Å². The second-order valence-electron chi connectivity index (χ2n) is 7.03. The smallest absolute Gasteiger partial charge is 0.338 e. The summed E-state index contributed by atoms with van der Waals surface area (Å²) in [5, 5.41) is 2.62. The molecular weight excluding hydrogens is 416 g/mol. The van der Waals surface area contributed by atoms with Gasteiger partial charge >= 0.3 is 11.9 Å². The molecule has 1 heterocycles. The first kappa shape index (κ1) is 22.8. The largest absolute Gasteiger partial charge is 0.495 e. The molecule has 1 aliphatic rings. The van der Waals surface area contributed by atoms with Crippen molar-refractivity contribution in [2.75, 3.05) is 37.1 Å². The molecule has 32 heavy (non-hydrogen) atoms. The molecule has 2 aromatic carbocycles. The van der Waals surface area contributed by atoms with Crippen molar-refractivity contribution in [1.82, 2.24) is 0 Å². The Morgan fingerprint density at radius 3 is 2.47 bits per heavy atom. The minimum atomic E-state index is -0.689. The summed E-state index contributed by atoms with van der Waals surface area (Å²) in [6, 6.07) is 13.2. The molecule has 1 N–H and O–H groups in total. The van der Waals surface area contributed by atoms with Crippen LogP contribution in [0.25, 0.3) is 0 Å². The Labute approximate surface area is 185 Å². The van der Waals surface area contributed by atoms with E-state index in [0.29, 0.717) is 22.7 Å². The maximum atomic E-state index is 12.4. The number of ether oxygens (including phenoxy) is 3. The number of hydrogen-bond donors (Lipinski definition) is 1. The van der Waals surface area contributed by atoms with Crippen molar-refractivity contribution >= 4 is 35.1 Å². The zero-order valence-electron chi connectivity index (χ0n) is 17.8. The summed E-state index contributed by atoms with van der Waals surface area (Å²) in [4.78, 5) is 50.1. The predicted molar refractivity (Wildman–Crippen MR) is 115 cm³/mol. The number of methoxy groups -OCH3 is 1. The van der Waals surface area contributed by atoms with Crippen LogP contribution < -0.4 is 15.0 Å². The fourth-order valence-electron chi connectivity index (χ4n) is 3.30. The van der Waals surface area contributed by atoms with Gasteiger partial charge < -0.3 is 24.4 Å². The van der Waals surface area contributed by atoms with E-state index in [2.05, 4.69) is 5.32 Å². The number of para-hydroxylation sites is 2. The van der Waals surface area contributed by atoms with Crippen molar-refractivity contribution in [2.24, 2.45) is 5.92 Å². The van der Waals surface area contributed by atoms with Crippen molar-refractivity contribution in [3.8, 4) is 5.75 Å². The lowest BCUT2D eigenvalue weighted by molar-refractivity contribution is -0.151. The van der Waals surface area contributed by atoms with Gasteiger partial charge in [0.05, 0.1) is 30.9 Å². The molecule has 0 bridgehead atoms. The molecule has 0 aromatic heterocycles. The van der Waals surface area contributed by atoms with Gasteiger partial charge in [0, 0.05) is 18.7 Å². The minimum absolute atomic E-state index is 0.0212. The van der Waals surface area contributed by atoms with Crippen LogP contribution in [0.1, 0.15) is 23.7 Å². The second-order valence-corrected chi connectivity index (χ2v) is 7.03. The maximum absolute atomic E-state index is 12.4. The third kappa shape index (κ3) is 5.42. The van der Waals surface area contributed by atoms with Gasteiger partial charge in [-0.2, -0.15) is 0 Å². The zero-order chi connectivity index (χ0) is 23.1. The van der Waals surface area contributed by atoms with Crippen LogP contribution in [0, 0.1) is 5.92 Å². The van der Waals surface area contributed by atoms with Crippen molar-refractivity contribution in [2.45, 2.75) is 13.3 Å². The molecule has 3 rings (SSSR count). The molecule has 1 atom stereocenters. The van der Waals surface area contributed by atoms with E-state index in [1.165, 1.54) is 12.0 Å². The van der Waals surface area contributed by atoms with E-state index in [0.717, 1.165) is 0 Å². The third-order valence-corrected chi connectivity index (χ3v) is 4.88. The normalized spacial score (nSPS) is 15.2. The van der Waals surface area contributed by atoms with Gasteiger partial charge in [-0.15, -0.1) is 0 Å². The standard InChI is InChI=1S/C23H24N2O7/c1-3-31-22(28)15-8-10-17(11-9-15)25-13-16(12-21(25)27)23(29)32-14-20(26)24-18-6-4-5-7-19(18)30-2/h4-11,16H,3,12-14H2,1-2H3,(H,24,26)/t16-/m0/s1. The lowest BCUT2D eigenvalue weighted by Gasteiger charge is -2.17. The van der Waals surface area contributed by atoms with E-state index < -0.39 is 30.4 Å². The highest BCUT2D eigenvalue weighted by Crippen LogP contribution is 2.27. The second kappa shape index (κ2) is 10.4. The highest BCUT2D eigenvalue weighted by Gasteiger charge is 2.36. The summed E-state index contributed by atoms with van der Waals surface area (Å²) >= 11 is 0. The Morgan fingerprint density at radius 1 is 1.06 bits per heavy atom. The average molecular weight is 440 g/mol. The van der Waals surface area contributed by atoms with E-state index in [4.69, 9.17) is 14.2 Å². The third-order valence-electron chi connectivity index (χ3n) is 4.88. The monoisotopic (exact) mass is 440 g/mol. The van der Waals surface area contributed by atoms with Crippen LogP contribution in [-0.4, -0.2) is 50.6 Å². The number of carbonyl (C=O) groups excluding carboxylic acids is 4. The number of nitrogens with one attached hydrogen (secondary N) is 1. The SMILES string of the molecule is CCOC(=O)c1ccc(N2C[C@@H](C(=O)OCC(=O)Nc3ccccc3OC)CC2=O)cc1. The van der Waals surface area contributed by atoms with Gasteiger partial charge in [-0.05, 0) is 43.3 Å². The summed E-state index contributed by atoms with van der Waals surface area (Å²) in [5.74, 6) is -2.03. The van der Waals surface area contributed by atoms with Gasteiger partial charge in [-0.1, -0.05) is 12.1 Å². The van der Waals surface area contributed by atoms with Gasteiger partial charge in [0.1, 0.15) is 5.75 Å². The van der Waals surface area contributed by atoms with Gasteiger partial charge in [-0.25, -0.2) is 4.79 Å². The molecule has 0 saturated carbocycles. The summed E-state index contributed by atoms with van der Waals surface area (Å²) in [5.41, 5.74) is 1.40. The molecule has 9 heteroatoms. The molecular formula is C23H24N2O7. The number of hydrogen-bond acceptors (Lipinski definition) is 7. The molecule has 1 fully saturated rings. The highest BCUT2D eigenvalue weighted by molar-refractivity contribution is 6.00. The molecule has 2 amide bonds. The number of amides is 2. The lowest BCUT2D eigenvalue weighted by Crippen LogP contribution is -2.28. The van der Waals surface area contributed by atoms with Crippen molar-refractivity contribution in [1.29, 1.82) is 0 Å². The van der Waals surface area contributed by atoms with E-state index in [1.807, 2.05) is 0 Å². The van der Waals surface area contributed by atoms with Crippen LogP contribution >= 0.6 is 0 Å². The number of esters is 2. The van der Waals surface area contributed by atoms with Crippen molar-refractivity contribution < 1.29 is 33.4 Å². The van der Waals surface area contributed by atoms with E-state index in [-0.39, 0.29) is 25.5 Å². The first-order valence-corrected chi connectivity index (χ1v) is 10.1. The van der Waals surface area contributed by atoms with Crippen LogP contribution in [0.4, 0.5) is 11.4 Å². The average Bonchev–Trinajstić information content (AvgIpc) is 3.19. The quantitative estimate of drug-likeness (QED) is 0.628. The molecule has 0 unspecified atom stereocenters. The molecule has 0 aliphatic carbocycles. The van der Waals surface area contributed by atoms with Crippen molar-refractivity contribution in [3.05, 3.63) is 54.1 Å². The Bertz CT molecular complexity index is 1000. The van der Waals surface area contributed by atoms with Gasteiger partial charge in [0.2, 0.25) is 5.91 Å². The number of benzene rings is 2. The molecule has 0 spiro atoms. The summed E-state index contributed by atoms with van der Waals surface area (Å²) in [6.07, 6.45) is -0.0212. The Morgan fingerprint density at radius 2 is 1.78 bits per heavy atom. The number of nitrogens with zero attached hydrogens (tertiary/aromatic N) is 1. The molecule has 168 valence electrons. The topological polar surface area (TPSA) is 111 Å². The summed E-state index contributed by atoms with van der Waals surface area (Å²) < 4.78 is 15.2. The fraction of sp³-hybridized carbons (Fsp3) is 0.304.